The molecule has 0 aliphatic carbocycles. The Kier molecular flexibility index (Phi) is 2.78. The molecule has 0 fully saturated rings. The zero-order valence-corrected chi connectivity index (χ0v) is 6.33. The fourth-order valence-corrected chi connectivity index (χ4v) is 0.691. The van der Waals surface area contributed by atoms with E-state index < -0.39 is 0 Å². The molecule has 1 aromatic heterocycles. The maximum Gasteiger partial charge on any atom is 0.119 e. The molecule has 1 rings (SSSR count). The molecule has 0 bridgehead atoms. The van der Waals surface area contributed by atoms with Crippen LogP contribution in [0.4, 0.5) is 5.82 Å². The molecular weight excluding hydrogens is 150 g/mol. The van der Waals surface area contributed by atoms with Gasteiger partial charge in [0.05, 0.1) is 5.56 Å². The van der Waals surface area contributed by atoms with Crippen molar-refractivity contribution in [2.24, 2.45) is 0 Å². The van der Waals surface area contributed by atoms with Gasteiger partial charge in [-0.05, 0) is 12.5 Å². The van der Waals surface area contributed by atoms with Crippen molar-refractivity contribution in [1.82, 2.24) is 4.98 Å². The normalized spacial score (nSPS) is 8.00. The summed E-state index contributed by atoms with van der Waals surface area (Å²) in [7, 11) is 0. The van der Waals surface area contributed by atoms with Crippen LogP contribution >= 0.6 is 12.4 Å². The number of nitrogens with zero attached hydrogens (tertiary/aromatic N) is 1. The quantitative estimate of drug-likeness (QED) is 0.594. The average Bonchev–Trinajstić information content (AvgIpc) is 2.12. The van der Waals surface area contributed by atoms with E-state index >= 15 is 0 Å². The summed E-state index contributed by atoms with van der Waals surface area (Å²) in [5.41, 5.74) is 6.82. The molecule has 0 atom stereocenters. The van der Waals surface area contributed by atoms with Gasteiger partial charge in [0, 0.05) is 6.20 Å². The first-order valence-electron chi connectivity index (χ1n) is 2.59. The molecule has 0 aliphatic rings. The highest BCUT2D eigenvalue weighted by Gasteiger charge is 2.01. The van der Waals surface area contributed by atoms with Crippen LogP contribution in [-0.4, -0.2) is 4.98 Å². The smallest absolute Gasteiger partial charge is 0.119 e. The van der Waals surface area contributed by atoms with Gasteiger partial charge < -0.3 is 10.7 Å². The van der Waals surface area contributed by atoms with Crippen molar-refractivity contribution in [2.45, 2.75) is 6.92 Å². The van der Waals surface area contributed by atoms with Gasteiger partial charge in [-0.15, -0.1) is 12.4 Å². The summed E-state index contributed by atoms with van der Waals surface area (Å²) in [6, 6.07) is 1.99. The van der Waals surface area contributed by atoms with Crippen LogP contribution in [0.2, 0.25) is 0 Å². The van der Waals surface area contributed by atoms with Crippen molar-refractivity contribution >= 4 is 18.2 Å². The Hall–Kier alpha value is -1.14. The standard InChI is InChI=1S/C6H7N3.ClH/c1-4-3-9-6(8)5(4)2-7;/h3,9H,8H2,1H3;1H. The molecular formula is C6H8ClN3. The Balaban J connectivity index is 0.000000810. The van der Waals surface area contributed by atoms with Gasteiger partial charge >= 0.3 is 0 Å². The second-order valence-electron chi connectivity index (χ2n) is 1.87. The number of aromatic amines is 1. The second-order valence-corrected chi connectivity index (χ2v) is 1.87. The highest BCUT2D eigenvalue weighted by Crippen LogP contribution is 2.11. The van der Waals surface area contributed by atoms with Gasteiger partial charge in [-0.3, -0.25) is 0 Å². The van der Waals surface area contributed by atoms with E-state index in [0.29, 0.717) is 11.4 Å². The van der Waals surface area contributed by atoms with Crippen LogP contribution < -0.4 is 5.73 Å². The number of nitrogens with two attached hydrogens (primary N) is 1. The number of hydrogen-bond acceptors (Lipinski definition) is 2. The first-order valence-corrected chi connectivity index (χ1v) is 2.59. The number of aromatic nitrogens is 1. The number of nitrogens with one attached hydrogen (secondary N) is 1. The Labute approximate surface area is 65.3 Å². The van der Waals surface area contributed by atoms with E-state index in [-0.39, 0.29) is 12.4 Å². The van der Waals surface area contributed by atoms with Gasteiger partial charge in [-0.2, -0.15) is 5.26 Å². The summed E-state index contributed by atoms with van der Waals surface area (Å²) in [5.74, 6) is 0.454. The highest BCUT2D eigenvalue weighted by molar-refractivity contribution is 5.85. The molecule has 0 radical (unpaired) electrons. The lowest BCUT2D eigenvalue weighted by molar-refractivity contribution is 1.39. The summed E-state index contributed by atoms with van der Waals surface area (Å²) in [6.45, 7) is 1.84. The van der Waals surface area contributed by atoms with Gasteiger partial charge in [0.2, 0.25) is 0 Å². The molecule has 0 saturated heterocycles. The van der Waals surface area contributed by atoms with Crippen LogP contribution in [0.25, 0.3) is 0 Å². The van der Waals surface area contributed by atoms with Crippen molar-refractivity contribution in [3.05, 3.63) is 17.3 Å². The fraction of sp³-hybridized carbons (Fsp3) is 0.167. The summed E-state index contributed by atoms with van der Waals surface area (Å²) in [4.78, 5) is 2.74. The van der Waals surface area contributed by atoms with Gasteiger partial charge in [-0.1, -0.05) is 0 Å². The van der Waals surface area contributed by atoms with Gasteiger partial charge in [0.25, 0.3) is 0 Å². The monoisotopic (exact) mass is 157 g/mol. The third kappa shape index (κ3) is 1.23. The first-order chi connectivity index (χ1) is 4.25. The molecule has 4 heteroatoms. The van der Waals surface area contributed by atoms with Crippen LogP contribution in [-0.2, 0) is 0 Å². The first kappa shape index (κ1) is 8.86. The molecule has 0 unspecified atom stereocenters. The Bertz CT molecular complexity index is 239. The molecule has 0 amide bonds. The van der Waals surface area contributed by atoms with E-state index in [9.17, 15) is 0 Å². The summed E-state index contributed by atoms with van der Waals surface area (Å²) < 4.78 is 0. The van der Waals surface area contributed by atoms with E-state index in [2.05, 4.69) is 4.98 Å². The predicted octanol–water partition coefficient (Wildman–Crippen LogP) is 1.20. The number of nitrogen functional groups attached to an aromatic ring is 1. The van der Waals surface area contributed by atoms with Crippen molar-refractivity contribution in [3.8, 4) is 6.07 Å². The zero-order chi connectivity index (χ0) is 6.85. The van der Waals surface area contributed by atoms with Gasteiger partial charge in [-0.25, -0.2) is 0 Å². The van der Waals surface area contributed by atoms with E-state index in [4.69, 9.17) is 11.0 Å². The van der Waals surface area contributed by atoms with Crippen molar-refractivity contribution < 1.29 is 0 Å². The number of anilines is 1. The lowest BCUT2D eigenvalue weighted by Gasteiger charge is -1.83. The zero-order valence-electron chi connectivity index (χ0n) is 5.51. The van der Waals surface area contributed by atoms with Gasteiger partial charge in [0.15, 0.2) is 0 Å². The number of hydrogen-bond donors (Lipinski definition) is 2. The topological polar surface area (TPSA) is 65.6 Å². The number of aryl methyl sites for hydroxylation is 1. The van der Waals surface area contributed by atoms with E-state index in [0.717, 1.165) is 5.56 Å². The van der Waals surface area contributed by atoms with Crippen LogP contribution in [0.15, 0.2) is 6.20 Å². The maximum absolute atomic E-state index is 8.44. The minimum atomic E-state index is 0. The van der Waals surface area contributed by atoms with E-state index in [1.165, 1.54) is 0 Å². The van der Waals surface area contributed by atoms with Crippen molar-refractivity contribution in [2.75, 3.05) is 5.73 Å². The molecule has 0 saturated carbocycles. The molecule has 0 aliphatic heterocycles. The Morgan fingerprint density at radius 1 is 1.70 bits per heavy atom. The second kappa shape index (κ2) is 3.14. The minimum absolute atomic E-state index is 0. The third-order valence-electron chi connectivity index (χ3n) is 1.22. The van der Waals surface area contributed by atoms with Crippen molar-refractivity contribution in [1.29, 1.82) is 5.26 Å². The number of H-pyrrole nitrogens is 1. The molecule has 10 heavy (non-hydrogen) atoms. The average molecular weight is 158 g/mol. The molecule has 1 aromatic rings. The fourth-order valence-electron chi connectivity index (χ4n) is 0.691. The molecule has 3 nitrogen and oxygen atoms in total. The van der Waals surface area contributed by atoms with Crippen LogP contribution in [0.3, 0.4) is 0 Å². The van der Waals surface area contributed by atoms with E-state index in [1.54, 1.807) is 6.20 Å². The SMILES string of the molecule is Cc1c[nH]c(N)c1C#N.Cl. The largest absolute Gasteiger partial charge is 0.384 e. The number of halogens is 1. The lowest BCUT2D eigenvalue weighted by Crippen LogP contribution is -1.86. The predicted molar refractivity (Wildman–Crippen MR) is 41.9 cm³/mol. The van der Waals surface area contributed by atoms with Gasteiger partial charge in [0.1, 0.15) is 11.9 Å². The molecule has 0 aromatic carbocycles. The number of rotatable bonds is 0. The molecule has 54 valence electrons. The summed E-state index contributed by atoms with van der Waals surface area (Å²) in [5, 5.41) is 8.44. The van der Waals surface area contributed by atoms with Crippen LogP contribution in [0.5, 0.6) is 0 Å². The molecule has 3 N–H and O–H groups in total. The van der Waals surface area contributed by atoms with Crippen LogP contribution in [0, 0.1) is 18.3 Å². The highest BCUT2D eigenvalue weighted by atomic mass is 35.5. The summed E-state index contributed by atoms with van der Waals surface area (Å²) >= 11 is 0. The number of nitriles is 1. The van der Waals surface area contributed by atoms with Crippen LogP contribution in [0.1, 0.15) is 11.1 Å². The lowest BCUT2D eigenvalue weighted by atomic mass is 10.2. The molecule has 1 heterocycles. The molecule has 0 spiro atoms. The Morgan fingerprint density at radius 3 is 2.50 bits per heavy atom. The summed E-state index contributed by atoms with van der Waals surface area (Å²) in [6.07, 6.45) is 1.72. The Morgan fingerprint density at radius 2 is 2.30 bits per heavy atom. The minimum Gasteiger partial charge on any atom is -0.384 e. The maximum atomic E-state index is 8.44. The van der Waals surface area contributed by atoms with E-state index in [1.807, 2.05) is 13.0 Å². The third-order valence-corrected chi connectivity index (χ3v) is 1.22. The van der Waals surface area contributed by atoms with Crippen molar-refractivity contribution in [3.63, 3.8) is 0 Å².